The van der Waals surface area contributed by atoms with Crippen LogP contribution in [-0.2, 0) is 0 Å². The van der Waals surface area contributed by atoms with E-state index in [4.69, 9.17) is 0 Å². The number of rotatable bonds is 5. The Morgan fingerprint density at radius 2 is 1.57 bits per heavy atom. The topological polar surface area (TPSA) is 37.3 Å². The minimum Gasteiger partial charge on any atom is -0.384 e. The van der Waals surface area contributed by atoms with E-state index >= 15 is 0 Å². The molecule has 2 aromatic carbocycles. The van der Waals surface area contributed by atoms with Crippen molar-refractivity contribution in [1.29, 1.82) is 0 Å². The molecule has 0 fully saturated rings. The van der Waals surface area contributed by atoms with Crippen LogP contribution < -0.4 is 0 Å². The number of aliphatic hydroxyl groups excluding tert-OH is 1. The summed E-state index contributed by atoms with van der Waals surface area (Å²) in [7, 11) is 0. The summed E-state index contributed by atoms with van der Waals surface area (Å²) in [6.07, 6.45) is 0.811. The third-order valence-corrected chi connectivity index (χ3v) is 4.41. The van der Waals surface area contributed by atoms with Crippen molar-refractivity contribution >= 4 is 23.2 Å². The summed E-state index contributed by atoms with van der Waals surface area (Å²) in [5.41, 5.74) is 1.98. The molecule has 0 aliphatic heterocycles. The van der Waals surface area contributed by atoms with Crippen LogP contribution in [0.1, 0.15) is 26.9 Å². The van der Waals surface area contributed by atoms with Crippen LogP contribution in [-0.4, -0.2) is 10.9 Å². The first-order chi connectivity index (χ1) is 11.3. The van der Waals surface area contributed by atoms with E-state index < -0.39 is 6.10 Å². The van der Waals surface area contributed by atoms with Gasteiger partial charge in [0, 0.05) is 5.57 Å². The molecule has 1 heterocycles. The molecule has 1 atom stereocenters. The molecule has 3 aromatic rings. The molecule has 1 aromatic heterocycles. The van der Waals surface area contributed by atoms with Crippen molar-refractivity contribution in [3.63, 3.8) is 0 Å². The average molecular weight is 320 g/mol. The largest absolute Gasteiger partial charge is 0.384 e. The zero-order chi connectivity index (χ0) is 16.1. The van der Waals surface area contributed by atoms with Gasteiger partial charge in [0.05, 0.1) is 4.88 Å². The molecule has 0 amide bonds. The van der Waals surface area contributed by atoms with Gasteiger partial charge in [-0.2, -0.15) is 0 Å². The maximum Gasteiger partial charge on any atom is 0.201 e. The number of carbonyl (C=O) groups is 1. The van der Waals surface area contributed by atoms with Gasteiger partial charge in [0.25, 0.3) is 0 Å². The summed E-state index contributed by atoms with van der Waals surface area (Å²) in [4.78, 5) is 13.4. The fraction of sp³-hybridized carbons (Fsp3) is 0.0500. The zero-order valence-corrected chi connectivity index (χ0v) is 13.2. The van der Waals surface area contributed by atoms with E-state index in [-0.39, 0.29) is 5.78 Å². The fourth-order valence-corrected chi connectivity index (χ4v) is 3.05. The molecule has 3 heteroatoms. The lowest BCUT2D eigenvalue weighted by Gasteiger charge is -2.14. The normalized spacial score (nSPS) is 12.8. The summed E-state index contributed by atoms with van der Waals surface area (Å²) in [5.74, 6) is -0.139. The summed E-state index contributed by atoms with van der Waals surface area (Å²) in [6.45, 7) is 0. The Morgan fingerprint density at radius 1 is 0.913 bits per heavy atom. The lowest BCUT2D eigenvalue weighted by Crippen LogP contribution is -2.11. The van der Waals surface area contributed by atoms with Crippen LogP contribution in [0.15, 0.2) is 83.7 Å². The molecule has 2 nitrogen and oxygen atoms in total. The van der Waals surface area contributed by atoms with Gasteiger partial charge in [0.2, 0.25) is 5.78 Å². The zero-order valence-electron chi connectivity index (χ0n) is 12.4. The van der Waals surface area contributed by atoms with E-state index in [9.17, 15) is 9.90 Å². The first kappa shape index (κ1) is 15.4. The van der Waals surface area contributed by atoms with Gasteiger partial charge in [0.1, 0.15) is 6.10 Å². The number of aliphatic hydroxyl groups is 1. The maximum absolute atomic E-state index is 12.8. The Balaban J connectivity index is 2.03. The third-order valence-electron chi connectivity index (χ3n) is 3.54. The molecule has 0 spiro atoms. The van der Waals surface area contributed by atoms with E-state index in [1.54, 1.807) is 12.1 Å². The van der Waals surface area contributed by atoms with Gasteiger partial charge in [0.15, 0.2) is 0 Å². The first-order valence-corrected chi connectivity index (χ1v) is 8.21. The molecule has 0 bridgehead atoms. The van der Waals surface area contributed by atoms with Gasteiger partial charge in [-0.05, 0) is 28.6 Å². The highest BCUT2D eigenvalue weighted by Gasteiger charge is 2.22. The summed E-state index contributed by atoms with van der Waals surface area (Å²) in [5, 5.41) is 12.6. The molecule has 0 saturated carbocycles. The van der Waals surface area contributed by atoms with Crippen molar-refractivity contribution in [2.24, 2.45) is 0 Å². The monoisotopic (exact) mass is 320 g/mol. The number of Topliss-reactive ketones (excluding diaryl/α,β-unsaturated/α-hetero) is 1. The number of thiophene rings is 1. The second-order valence-electron chi connectivity index (χ2n) is 5.13. The van der Waals surface area contributed by atoms with Crippen LogP contribution in [0.25, 0.3) is 6.08 Å². The predicted octanol–water partition coefficient (Wildman–Crippen LogP) is 4.75. The molecule has 3 rings (SSSR count). The van der Waals surface area contributed by atoms with Crippen molar-refractivity contribution in [1.82, 2.24) is 0 Å². The smallest absolute Gasteiger partial charge is 0.201 e. The number of ketones is 1. The van der Waals surface area contributed by atoms with Gasteiger partial charge in [-0.25, -0.2) is 0 Å². The van der Waals surface area contributed by atoms with Gasteiger partial charge < -0.3 is 5.11 Å². The quantitative estimate of drug-likeness (QED) is 0.544. The summed E-state index contributed by atoms with van der Waals surface area (Å²) < 4.78 is 0. The van der Waals surface area contributed by atoms with E-state index in [1.807, 2.05) is 72.1 Å². The van der Waals surface area contributed by atoms with E-state index in [1.165, 1.54) is 11.3 Å². The van der Waals surface area contributed by atoms with Gasteiger partial charge in [-0.3, -0.25) is 4.79 Å². The molecule has 23 heavy (non-hydrogen) atoms. The Bertz CT molecular complexity index is 790. The molecular formula is C20H16O2S. The Morgan fingerprint density at radius 3 is 2.17 bits per heavy atom. The number of carbonyl (C=O) groups excluding carboxylic acids is 1. The Labute approximate surface area is 139 Å². The van der Waals surface area contributed by atoms with Crippen LogP contribution in [0.5, 0.6) is 0 Å². The van der Waals surface area contributed by atoms with E-state index in [0.717, 1.165) is 5.56 Å². The highest BCUT2D eigenvalue weighted by atomic mass is 32.1. The molecule has 114 valence electrons. The second kappa shape index (κ2) is 7.18. The molecule has 0 aliphatic rings. The van der Waals surface area contributed by atoms with Crippen molar-refractivity contribution < 1.29 is 9.90 Å². The molecule has 1 unspecified atom stereocenters. The number of hydrogen-bond donors (Lipinski definition) is 1. The minimum absolute atomic E-state index is 0.139. The van der Waals surface area contributed by atoms with Crippen molar-refractivity contribution in [2.45, 2.75) is 6.10 Å². The third kappa shape index (κ3) is 3.65. The predicted molar refractivity (Wildman–Crippen MR) is 94.5 cm³/mol. The first-order valence-electron chi connectivity index (χ1n) is 7.33. The molecule has 0 aliphatic carbocycles. The number of hydrogen-bond acceptors (Lipinski definition) is 3. The Hall–Kier alpha value is -2.49. The van der Waals surface area contributed by atoms with E-state index in [0.29, 0.717) is 16.0 Å². The van der Waals surface area contributed by atoms with Crippen LogP contribution in [0.4, 0.5) is 0 Å². The average Bonchev–Trinajstić information content (AvgIpc) is 3.15. The highest BCUT2D eigenvalue weighted by Crippen LogP contribution is 2.28. The molecule has 0 radical (unpaired) electrons. The van der Waals surface area contributed by atoms with Crippen LogP contribution >= 0.6 is 11.3 Å². The lowest BCUT2D eigenvalue weighted by atomic mass is 9.95. The van der Waals surface area contributed by atoms with Crippen molar-refractivity contribution in [3.05, 3.63) is 99.8 Å². The highest BCUT2D eigenvalue weighted by molar-refractivity contribution is 7.12. The lowest BCUT2D eigenvalue weighted by molar-refractivity contribution is 0.0993. The number of benzene rings is 2. The van der Waals surface area contributed by atoms with Crippen molar-refractivity contribution in [3.8, 4) is 0 Å². The summed E-state index contributed by atoms with van der Waals surface area (Å²) in [6, 6.07) is 22.4. The molecular weight excluding hydrogens is 304 g/mol. The Kier molecular flexibility index (Phi) is 4.81. The van der Waals surface area contributed by atoms with E-state index in [2.05, 4.69) is 0 Å². The molecule has 0 saturated heterocycles. The van der Waals surface area contributed by atoms with Crippen LogP contribution in [0.2, 0.25) is 0 Å². The van der Waals surface area contributed by atoms with Gasteiger partial charge in [-0.15, -0.1) is 11.3 Å². The van der Waals surface area contributed by atoms with Gasteiger partial charge >= 0.3 is 0 Å². The van der Waals surface area contributed by atoms with Crippen LogP contribution in [0.3, 0.4) is 0 Å². The molecule has 1 N–H and O–H groups in total. The standard InChI is InChI=1S/C20H16O2S/c21-19(16-10-5-2-6-11-16)17(14-15-8-3-1-4-9-15)20(22)18-12-7-13-23-18/h1-14,19,21H/b17-14-. The van der Waals surface area contributed by atoms with Crippen LogP contribution in [0, 0.1) is 0 Å². The SMILES string of the molecule is O=C(/C(=C\c1ccccc1)C(O)c1ccccc1)c1cccs1. The van der Waals surface area contributed by atoms with Gasteiger partial charge in [-0.1, -0.05) is 66.7 Å². The maximum atomic E-state index is 12.8. The fourth-order valence-electron chi connectivity index (χ4n) is 2.36. The summed E-state index contributed by atoms with van der Waals surface area (Å²) >= 11 is 1.38. The second-order valence-corrected chi connectivity index (χ2v) is 6.08. The van der Waals surface area contributed by atoms with Crippen molar-refractivity contribution in [2.75, 3.05) is 0 Å². The minimum atomic E-state index is -0.953.